The first-order valence-electron chi connectivity index (χ1n) is 7.45. The van der Waals surface area contributed by atoms with Crippen LogP contribution < -0.4 is 20.1 Å². The quantitative estimate of drug-likeness (QED) is 0.765. The van der Waals surface area contributed by atoms with Crippen molar-refractivity contribution in [2.75, 3.05) is 30.9 Å². The smallest absolute Gasteiger partial charge is 0.221 e. The van der Waals surface area contributed by atoms with Crippen molar-refractivity contribution in [1.82, 2.24) is 0 Å². The highest BCUT2D eigenvalue weighted by Gasteiger charge is 2.05. The minimum Gasteiger partial charge on any atom is -0.495 e. The molecule has 2 aromatic rings. The van der Waals surface area contributed by atoms with Gasteiger partial charge in [0.2, 0.25) is 5.91 Å². The van der Waals surface area contributed by atoms with Crippen LogP contribution in [0.4, 0.5) is 11.4 Å². The second kappa shape index (κ2) is 8.44. The Morgan fingerprint density at radius 1 is 1.21 bits per heavy atom. The number of carbonyl (C=O) groups excluding carboxylic acids is 1. The lowest BCUT2D eigenvalue weighted by Crippen LogP contribution is -2.13. The van der Waals surface area contributed by atoms with Crippen molar-refractivity contribution in [3.05, 3.63) is 48.0 Å². The van der Waals surface area contributed by atoms with Crippen LogP contribution in [0, 0.1) is 11.3 Å². The zero-order valence-corrected chi connectivity index (χ0v) is 13.6. The molecule has 6 nitrogen and oxygen atoms in total. The molecule has 24 heavy (non-hydrogen) atoms. The molecule has 0 bridgehead atoms. The SMILES string of the molecule is COc1ccc(NC(C)=O)cc1NCCOc1ccc(C#N)cc1. The molecule has 1 amide bonds. The summed E-state index contributed by atoms with van der Waals surface area (Å²) in [4.78, 5) is 11.1. The van der Waals surface area contributed by atoms with E-state index in [0.717, 1.165) is 5.69 Å². The lowest BCUT2D eigenvalue weighted by atomic mass is 10.2. The summed E-state index contributed by atoms with van der Waals surface area (Å²) in [6.45, 7) is 2.46. The van der Waals surface area contributed by atoms with E-state index in [1.165, 1.54) is 6.92 Å². The molecule has 2 aromatic carbocycles. The van der Waals surface area contributed by atoms with Crippen LogP contribution in [0.2, 0.25) is 0 Å². The molecule has 0 fully saturated rings. The number of benzene rings is 2. The summed E-state index contributed by atoms with van der Waals surface area (Å²) >= 11 is 0. The third-order valence-corrected chi connectivity index (χ3v) is 3.19. The number of nitriles is 1. The van der Waals surface area contributed by atoms with Crippen molar-refractivity contribution in [3.63, 3.8) is 0 Å². The van der Waals surface area contributed by atoms with Gasteiger partial charge in [0.25, 0.3) is 0 Å². The Labute approximate surface area is 141 Å². The van der Waals surface area contributed by atoms with Crippen molar-refractivity contribution in [2.45, 2.75) is 6.92 Å². The van der Waals surface area contributed by atoms with Gasteiger partial charge in [-0.15, -0.1) is 0 Å². The van der Waals surface area contributed by atoms with E-state index in [4.69, 9.17) is 14.7 Å². The van der Waals surface area contributed by atoms with E-state index in [1.807, 2.05) is 6.07 Å². The molecule has 0 spiro atoms. The van der Waals surface area contributed by atoms with E-state index in [9.17, 15) is 4.79 Å². The van der Waals surface area contributed by atoms with Gasteiger partial charge in [-0.2, -0.15) is 5.26 Å². The molecule has 124 valence electrons. The van der Waals surface area contributed by atoms with E-state index < -0.39 is 0 Å². The highest BCUT2D eigenvalue weighted by Crippen LogP contribution is 2.27. The van der Waals surface area contributed by atoms with Gasteiger partial charge in [0.05, 0.1) is 24.4 Å². The summed E-state index contributed by atoms with van der Waals surface area (Å²) in [6.07, 6.45) is 0. The molecule has 0 radical (unpaired) electrons. The van der Waals surface area contributed by atoms with Crippen molar-refractivity contribution in [1.29, 1.82) is 5.26 Å². The summed E-state index contributed by atoms with van der Waals surface area (Å²) in [5.41, 5.74) is 2.06. The summed E-state index contributed by atoms with van der Waals surface area (Å²) in [6, 6.07) is 14.4. The van der Waals surface area contributed by atoms with Gasteiger partial charge >= 0.3 is 0 Å². The second-order valence-electron chi connectivity index (χ2n) is 5.01. The summed E-state index contributed by atoms with van der Waals surface area (Å²) < 4.78 is 10.9. The number of nitrogens with zero attached hydrogens (tertiary/aromatic N) is 1. The van der Waals surface area contributed by atoms with Gasteiger partial charge in [0.15, 0.2) is 0 Å². The predicted molar refractivity (Wildman–Crippen MR) is 92.4 cm³/mol. The summed E-state index contributed by atoms with van der Waals surface area (Å²) in [5.74, 6) is 1.26. The standard InChI is InChI=1S/C18H19N3O3/c1-13(22)21-15-5-8-18(23-2)17(11-15)20-9-10-24-16-6-3-14(12-19)4-7-16/h3-8,11,20H,9-10H2,1-2H3,(H,21,22). The molecule has 0 aromatic heterocycles. The molecule has 0 aliphatic carbocycles. The molecule has 0 atom stereocenters. The normalized spacial score (nSPS) is 9.71. The number of rotatable bonds is 7. The van der Waals surface area contributed by atoms with Crippen LogP contribution in [0.25, 0.3) is 0 Å². The molecule has 0 saturated heterocycles. The van der Waals surface area contributed by atoms with Crippen LogP contribution in [0.15, 0.2) is 42.5 Å². The lowest BCUT2D eigenvalue weighted by molar-refractivity contribution is -0.114. The summed E-state index contributed by atoms with van der Waals surface area (Å²) in [5, 5.41) is 14.7. The number of nitrogens with one attached hydrogen (secondary N) is 2. The molecule has 0 aliphatic heterocycles. The number of hydrogen-bond donors (Lipinski definition) is 2. The molecular weight excluding hydrogens is 306 g/mol. The molecular formula is C18H19N3O3. The fourth-order valence-corrected chi connectivity index (χ4v) is 2.11. The fraction of sp³-hybridized carbons (Fsp3) is 0.222. The Hall–Kier alpha value is -3.20. The highest BCUT2D eigenvalue weighted by molar-refractivity contribution is 5.89. The van der Waals surface area contributed by atoms with E-state index >= 15 is 0 Å². The Balaban J connectivity index is 1.90. The van der Waals surface area contributed by atoms with E-state index in [1.54, 1.807) is 43.5 Å². The van der Waals surface area contributed by atoms with Crippen LogP contribution in [-0.4, -0.2) is 26.2 Å². The van der Waals surface area contributed by atoms with Crippen molar-refractivity contribution in [2.24, 2.45) is 0 Å². The van der Waals surface area contributed by atoms with Gasteiger partial charge in [0.1, 0.15) is 18.1 Å². The molecule has 0 heterocycles. The molecule has 6 heteroatoms. The van der Waals surface area contributed by atoms with E-state index in [0.29, 0.717) is 35.9 Å². The number of anilines is 2. The Morgan fingerprint density at radius 2 is 1.96 bits per heavy atom. The zero-order chi connectivity index (χ0) is 17.4. The predicted octanol–water partition coefficient (Wildman–Crippen LogP) is 3.02. The Bertz CT molecular complexity index is 736. The third kappa shape index (κ3) is 4.92. The Kier molecular flexibility index (Phi) is 6.03. The molecule has 0 aliphatic rings. The largest absolute Gasteiger partial charge is 0.495 e. The molecule has 2 N–H and O–H groups in total. The van der Waals surface area contributed by atoms with Gasteiger partial charge in [0, 0.05) is 19.2 Å². The first kappa shape index (κ1) is 17.2. The monoisotopic (exact) mass is 325 g/mol. The van der Waals surface area contributed by atoms with E-state index in [-0.39, 0.29) is 5.91 Å². The van der Waals surface area contributed by atoms with Crippen LogP contribution in [0.5, 0.6) is 11.5 Å². The van der Waals surface area contributed by atoms with Gasteiger partial charge < -0.3 is 20.1 Å². The lowest BCUT2D eigenvalue weighted by Gasteiger charge is -2.13. The number of hydrogen-bond acceptors (Lipinski definition) is 5. The van der Waals surface area contributed by atoms with Crippen molar-refractivity contribution >= 4 is 17.3 Å². The van der Waals surface area contributed by atoms with Crippen molar-refractivity contribution < 1.29 is 14.3 Å². The van der Waals surface area contributed by atoms with Crippen molar-refractivity contribution in [3.8, 4) is 17.6 Å². The number of methoxy groups -OCH3 is 1. The maximum atomic E-state index is 11.1. The van der Waals surface area contributed by atoms with E-state index in [2.05, 4.69) is 16.7 Å². The molecule has 2 rings (SSSR count). The van der Waals surface area contributed by atoms with Crippen LogP contribution >= 0.6 is 0 Å². The Morgan fingerprint density at radius 3 is 2.58 bits per heavy atom. The first-order valence-corrected chi connectivity index (χ1v) is 7.45. The van der Waals surface area contributed by atoms with Gasteiger partial charge in [-0.05, 0) is 42.5 Å². The molecule has 0 saturated carbocycles. The second-order valence-corrected chi connectivity index (χ2v) is 5.01. The fourth-order valence-electron chi connectivity index (χ4n) is 2.11. The van der Waals surface area contributed by atoms with Crippen LogP contribution in [0.1, 0.15) is 12.5 Å². The third-order valence-electron chi connectivity index (χ3n) is 3.19. The van der Waals surface area contributed by atoms with Gasteiger partial charge in [-0.25, -0.2) is 0 Å². The van der Waals surface area contributed by atoms with Crippen LogP contribution in [-0.2, 0) is 4.79 Å². The average molecular weight is 325 g/mol. The minimum atomic E-state index is -0.129. The zero-order valence-electron chi connectivity index (χ0n) is 13.6. The highest BCUT2D eigenvalue weighted by atomic mass is 16.5. The number of amides is 1. The molecule has 0 unspecified atom stereocenters. The maximum Gasteiger partial charge on any atom is 0.221 e. The summed E-state index contributed by atoms with van der Waals surface area (Å²) in [7, 11) is 1.59. The minimum absolute atomic E-state index is 0.129. The van der Waals surface area contributed by atoms with Crippen LogP contribution in [0.3, 0.4) is 0 Å². The first-order chi connectivity index (χ1) is 11.6. The topological polar surface area (TPSA) is 83.4 Å². The maximum absolute atomic E-state index is 11.1. The number of carbonyl (C=O) groups is 1. The number of ether oxygens (including phenoxy) is 2. The van der Waals surface area contributed by atoms with Gasteiger partial charge in [-0.3, -0.25) is 4.79 Å². The average Bonchev–Trinajstić information content (AvgIpc) is 2.59. The van der Waals surface area contributed by atoms with Gasteiger partial charge in [-0.1, -0.05) is 0 Å².